The van der Waals surface area contributed by atoms with Crippen molar-refractivity contribution in [2.24, 2.45) is 0 Å². The zero-order chi connectivity index (χ0) is 31.3. The van der Waals surface area contributed by atoms with Crippen molar-refractivity contribution in [2.45, 2.75) is 44.3 Å². The third kappa shape index (κ3) is 7.54. The van der Waals surface area contributed by atoms with Gasteiger partial charge in [0.05, 0.1) is 11.3 Å². The zero-order valence-corrected chi connectivity index (χ0v) is 24.1. The Balaban J connectivity index is 0.000000493. The van der Waals surface area contributed by atoms with E-state index in [2.05, 4.69) is 25.1 Å². The average Bonchev–Trinajstić information content (AvgIpc) is 3.78. The van der Waals surface area contributed by atoms with E-state index in [4.69, 9.17) is 9.90 Å². The first-order valence-corrected chi connectivity index (χ1v) is 14.7. The standard InChI is InChI=1S/C30H33N5O2.C2HF3O2/c36-29-26-19-28(33-27(26)12-14-32-29)23-11-13-31-24(18-23)10-7-21-5-8-22(9-6-21)30(37)35-17-3-4-25(35)20-34-15-1-2-16-34;3-2(4,5)1(6)7/h5-11,13,18-19,25,33H,1-4,12,14-17,20H2,(H,32,36);(H,6,7)/b10-7-;/t25-;/m1./s1. The van der Waals surface area contributed by atoms with Crippen molar-refractivity contribution in [3.8, 4) is 11.3 Å². The number of carbonyl (C=O) groups is 3. The SMILES string of the molecule is O=C(O)C(F)(F)F.O=C1NCCc2[nH]c(-c3ccnc(/C=C\c4ccc(C(=O)N5CCC[C@@H]5CN5CCCC5)cc4)c3)cc21. The van der Waals surface area contributed by atoms with E-state index >= 15 is 0 Å². The summed E-state index contributed by atoms with van der Waals surface area (Å²) in [5.74, 6) is -2.63. The maximum atomic E-state index is 13.2. The molecule has 2 saturated heterocycles. The molecule has 9 nitrogen and oxygen atoms in total. The van der Waals surface area contributed by atoms with E-state index < -0.39 is 12.1 Å². The Morgan fingerprint density at radius 1 is 1.02 bits per heavy atom. The maximum Gasteiger partial charge on any atom is 0.490 e. The number of fused-ring (bicyclic) bond motifs is 1. The largest absolute Gasteiger partial charge is 0.490 e. The smallest absolute Gasteiger partial charge is 0.475 e. The highest BCUT2D eigenvalue weighted by atomic mass is 19.4. The number of carbonyl (C=O) groups excluding carboxylic acids is 2. The molecule has 0 radical (unpaired) electrons. The molecule has 2 aromatic heterocycles. The Morgan fingerprint density at radius 2 is 1.75 bits per heavy atom. The van der Waals surface area contributed by atoms with Gasteiger partial charge in [0, 0.05) is 60.8 Å². The molecule has 44 heavy (non-hydrogen) atoms. The van der Waals surface area contributed by atoms with Crippen molar-refractivity contribution in [1.29, 1.82) is 0 Å². The molecule has 12 heteroatoms. The Labute approximate surface area is 252 Å². The fraction of sp³-hybridized carbons (Fsp3) is 0.375. The number of carboxylic acids is 1. The molecule has 0 bridgehead atoms. The number of hydrogen-bond donors (Lipinski definition) is 3. The number of amides is 2. The van der Waals surface area contributed by atoms with Crippen LogP contribution in [0, 0.1) is 0 Å². The quantitative estimate of drug-likeness (QED) is 0.367. The molecule has 3 aromatic rings. The summed E-state index contributed by atoms with van der Waals surface area (Å²) in [7, 11) is 0. The van der Waals surface area contributed by atoms with Crippen LogP contribution >= 0.6 is 0 Å². The van der Waals surface area contributed by atoms with E-state index in [0.29, 0.717) is 12.6 Å². The number of nitrogens with zero attached hydrogens (tertiary/aromatic N) is 3. The third-order valence-corrected chi connectivity index (χ3v) is 8.05. The second-order valence-corrected chi connectivity index (χ2v) is 11.1. The number of aromatic nitrogens is 2. The molecule has 0 saturated carbocycles. The number of nitrogens with one attached hydrogen (secondary N) is 2. The molecule has 0 spiro atoms. The molecule has 0 aliphatic carbocycles. The van der Waals surface area contributed by atoms with Crippen LogP contribution < -0.4 is 5.32 Å². The Kier molecular flexibility index (Phi) is 9.48. The summed E-state index contributed by atoms with van der Waals surface area (Å²) >= 11 is 0. The lowest BCUT2D eigenvalue weighted by Gasteiger charge is -2.28. The van der Waals surface area contributed by atoms with Crippen molar-refractivity contribution in [2.75, 3.05) is 32.7 Å². The molecule has 3 N–H and O–H groups in total. The van der Waals surface area contributed by atoms with Gasteiger partial charge in [0.1, 0.15) is 0 Å². The van der Waals surface area contributed by atoms with Crippen LogP contribution in [-0.2, 0) is 11.2 Å². The number of aliphatic carboxylic acids is 1. The van der Waals surface area contributed by atoms with Crippen molar-refractivity contribution < 1.29 is 32.7 Å². The summed E-state index contributed by atoms with van der Waals surface area (Å²) < 4.78 is 31.7. The number of aromatic amines is 1. The molecule has 5 heterocycles. The van der Waals surface area contributed by atoms with E-state index in [1.54, 1.807) is 6.20 Å². The lowest BCUT2D eigenvalue weighted by molar-refractivity contribution is -0.192. The van der Waals surface area contributed by atoms with E-state index in [0.717, 1.165) is 71.7 Å². The molecule has 2 amide bonds. The number of rotatable bonds is 6. The topological polar surface area (TPSA) is 119 Å². The first-order chi connectivity index (χ1) is 21.1. The molecule has 1 atom stereocenters. The minimum atomic E-state index is -5.08. The minimum absolute atomic E-state index is 0.0216. The number of H-pyrrole nitrogens is 1. The summed E-state index contributed by atoms with van der Waals surface area (Å²) in [6.45, 7) is 4.87. The van der Waals surface area contributed by atoms with Gasteiger partial charge < -0.3 is 25.2 Å². The molecule has 232 valence electrons. The fourth-order valence-corrected chi connectivity index (χ4v) is 5.80. The van der Waals surface area contributed by atoms with Gasteiger partial charge in [0.25, 0.3) is 11.8 Å². The van der Waals surface area contributed by atoms with Gasteiger partial charge in [0.2, 0.25) is 0 Å². The minimum Gasteiger partial charge on any atom is -0.475 e. The Bertz CT molecular complexity index is 1530. The average molecular weight is 610 g/mol. The summed E-state index contributed by atoms with van der Waals surface area (Å²) in [6.07, 6.45) is 6.26. The lowest BCUT2D eigenvalue weighted by Crippen LogP contribution is -2.42. The molecule has 2 fully saturated rings. The van der Waals surface area contributed by atoms with Crippen LogP contribution in [0.15, 0.2) is 48.7 Å². The number of benzene rings is 1. The second kappa shape index (κ2) is 13.5. The number of likely N-dealkylation sites (tertiary alicyclic amines) is 2. The van der Waals surface area contributed by atoms with Crippen LogP contribution in [0.2, 0.25) is 0 Å². The molecule has 3 aliphatic rings. The van der Waals surface area contributed by atoms with Gasteiger partial charge in [-0.25, -0.2) is 4.79 Å². The van der Waals surface area contributed by atoms with Crippen LogP contribution in [0.5, 0.6) is 0 Å². The highest BCUT2D eigenvalue weighted by Crippen LogP contribution is 2.26. The summed E-state index contributed by atoms with van der Waals surface area (Å²) in [6, 6.07) is 14.1. The van der Waals surface area contributed by atoms with Gasteiger partial charge in [0.15, 0.2) is 0 Å². The summed E-state index contributed by atoms with van der Waals surface area (Å²) in [5.41, 5.74) is 6.23. The molecular weight excluding hydrogens is 575 g/mol. The molecule has 0 unspecified atom stereocenters. The van der Waals surface area contributed by atoms with Crippen LogP contribution in [0.4, 0.5) is 13.2 Å². The van der Waals surface area contributed by atoms with Gasteiger partial charge in [-0.1, -0.05) is 18.2 Å². The highest BCUT2D eigenvalue weighted by molar-refractivity contribution is 5.98. The van der Waals surface area contributed by atoms with E-state index in [1.807, 2.05) is 54.6 Å². The molecular formula is C32H34F3N5O4. The predicted molar refractivity (Wildman–Crippen MR) is 159 cm³/mol. The van der Waals surface area contributed by atoms with Gasteiger partial charge in [-0.3, -0.25) is 14.6 Å². The number of halogens is 3. The first kappa shape index (κ1) is 31.0. The monoisotopic (exact) mass is 609 g/mol. The van der Waals surface area contributed by atoms with Crippen molar-refractivity contribution in [3.05, 3.63) is 76.7 Å². The number of pyridine rings is 1. The highest BCUT2D eigenvalue weighted by Gasteiger charge is 2.38. The third-order valence-electron chi connectivity index (χ3n) is 8.05. The van der Waals surface area contributed by atoms with E-state index in [-0.39, 0.29) is 11.8 Å². The van der Waals surface area contributed by atoms with Gasteiger partial charge in [-0.15, -0.1) is 0 Å². The van der Waals surface area contributed by atoms with Crippen molar-refractivity contribution in [3.63, 3.8) is 0 Å². The van der Waals surface area contributed by atoms with Gasteiger partial charge in [-0.2, -0.15) is 13.2 Å². The second-order valence-electron chi connectivity index (χ2n) is 11.1. The molecule has 3 aliphatic heterocycles. The van der Waals surface area contributed by atoms with E-state index in [1.165, 1.54) is 25.9 Å². The molecule has 1 aromatic carbocycles. The zero-order valence-electron chi connectivity index (χ0n) is 24.1. The number of alkyl halides is 3. The van der Waals surface area contributed by atoms with E-state index in [9.17, 15) is 22.8 Å². The Morgan fingerprint density at radius 3 is 2.43 bits per heavy atom. The number of carboxylic acid groups (broad SMARTS) is 1. The van der Waals surface area contributed by atoms with Gasteiger partial charge >= 0.3 is 12.1 Å². The normalized spacial score (nSPS) is 18.6. The van der Waals surface area contributed by atoms with Crippen molar-refractivity contribution in [1.82, 2.24) is 25.1 Å². The van der Waals surface area contributed by atoms with Crippen LogP contribution in [0.1, 0.15) is 63.4 Å². The lowest BCUT2D eigenvalue weighted by atomic mass is 10.1. The summed E-state index contributed by atoms with van der Waals surface area (Å²) in [4.78, 5) is 46.7. The number of hydrogen-bond acceptors (Lipinski definition) is 5. The Hall–Kier alpha value is -4.45. The predicted octanol–water partition coefficient (Wildman–Crippen LogP) is 4.87. The van der Waals surface area contributed by atoms with Crippen LogP contribution in [0.25, 0.3) is 23.4 Å². The van der Waals surface area contributed by atoms with Crippen LogP contribution in [-0.4, -0.2) is 87.6 Å². The summed E-state index contributed by atoms with van der Waals surface area (Å²) in [5, 5.41) is 10.0. The maximum absolute atomic E-state index is 13.2. The van der Waals surface area contributed by atoms with Crippen LogP contribution in [0.3, 0.4) is 0 Å². The fourth-order valence-electron chi connectivity index (χ4n) is 5.80. The van der Waals surface area contributed by atoms with Crippen molar-refractivity contribution >= 4 is 29.9 Å². The van der Waals surface area contributed by atoms with Gasteiger partial charge in [-0.05, 0) is 80.7 Å². The first-order valence-electron chi connectivity index (χ1n) is 14.7. The molecule has 6 rings (SSSR count).